The summed E-state index contributed by atoms with van der Waals surface area (Å²) >= 11 is 0. The molecule has 1 heterocycles. The Kier molecular flexibility index (Phi) is 3.77. The van der Waals surface area contributed by atoms with Gasteiger partial charge in [-0.1, -0.05) is 0 Å². The van der Waals surface area contributed by atoms with Crippen LogP contribution in [0.3, 0.4) is 0 Å². The van der Waals surface area contributed by atoms with Crippen LogP contribution in [0.2, 0.25) is 0 Å². The van der Waals surface area contributed by atoms with Crippen LogP contribution in [-0.4, -0.2) is 52.9 Å². The molecule has 5 nitrogen and oxygen atoms in total. The molecule has 0 saturated heterocycles. The molecule has 0 aromatic carbocycles. The molecule has 1 aliphatic rings. The molecular weight excluding hydrogens is 273 g/mol. The third-order valence-corrected chi connectivity index (χ3v) is 3.61. The predicted molar refractivity (Wildman–Crippen MR) is 67.2 cm³/mol. The number of alkyl halides is 3. The van der Waals surface area contributed by atoms with Crippen molar-refractivity contribution < 1.29 is 18.0 Å². The third kappa shape index (κ3) is 2.79. The van der Waals surface area contributed by atoms with Crippen LogP contribution in [0.15, 0.2) is 12.4 Å². The van der Waals surface area contributed by atoms with Crippen molar-refractivity contribution in [3.63, 3.8) is 0 Å². The molecule has 0 aliphatic heterocycles. The summed E-state index contributed by atoms with van der Waals surface area (Å²) in [4.78, 5) is 14.4. The van der Waals surface area contributed by atoms with Gasteiger partial charge in [0.05, 0.1) is 11.9 Å². The molecule has 0 bridgehead atoms. The van der Waals surface area contributed by atoms with E-state index in [9.17, 15) is 18.0 Å². The number of hydrogen-bond acceptors (Lipinski definition) is 3. The van der Waals surface area contributed by atoms with Gasteiger partial charge in [0.25, 0.3) is 0 Å². The highest BCUT2D eigenvalue weighted by Gasteiger charge is 2.48. The summed E-state index contributed by atoms with van der Waals surface area (Å²) in [5, 5.41) is 3.84. The molecule has 112 valence electrons. The van der Waals surface area contributed by atoms with Gasteiger partial charge in [-0.25, -0.2) is 0 Å². The summed E-state index contributed by atoms with van der Waals surface area (Å²) in [6.45, 7) is 0. The highest BCUT2D eigenvalue weighted by atomic mass is 19.4. The summed E-state index contributed by atoms with van der Waals surface area (Å²) in [7, 11) is 5.35. The number of anilines is 1. The molecule has 1 aromatic rings. The number of hydrogen-bond donors (Lipinski definition) is 0. The van der Waals surface area contributed by atoms with Gasteiger partial charge in [-0.15, -0.1) is 0 Å². The molecule has 8 heteroatoms. The number of nitrogens with zero attached hydrogens (tertiary/aromatic N) is 4. The lowest BCUT2D eigenvalue weighted by Crippen LogP contribution is -2.57. The van der Waals surface area contributed by atoms with E-state index >= 15 is 0 Å². The first-order valence-corrected chi connectivity index (χ1v) is 6.25. The first-order valence-electron chi connectivity index (χ1n) is 6.25. The minimum absolute atomic E-state index is 0.192. The standard InChI is InChI=1S/C12H17F3N4O/c1-17(2)8-4-9(5-8)19(11(20)12(13,14)15)10-6-16-18(3)7-10/h6-9H,4-5H2,1-3H3. The lowest BCUT2D eigenvalue weighted by molar-refractivity contribution is -0.171. The van der Waals surface area contributed by atoms with Crippen LogP contribution in [0, 0.1) is 0 Å². The van der Waals surface area contributed by atoms with Gasteiger partial charge in [0.2, 0.25) is 0 Å². The highest BCUT2D eigenvalue weighted by molar-refractivity contribution is 5.97. The number of aryl methyl sites for hydroxylation is 1. The zero-order chi connectivity index (χ0) is 15.1. The van der Waals surface area contributed by atoms with Gasteiger partial charge < -0.3 is 4.90 Å². The molecule has 0 N–H and O–H groups in total. The lowest BCUT2D eigenvalue weighted by atomic mass is 9.84. The molecule has 0 unspecified atom stereocenters. The van der Waals surface area contributed by atoms with Crippen LogP contribution in [0.4, 0.5) is 18.9 Å². The fourth-order valence-corrected chi connectivity index (χ4v) is 2.35. The second-order valence-electron chi connectivity index (χ2n) is 5.29. The summed E-state index contributed by atoms with van der Waals surface area (Å²) in [5.74, 6) is -1.83. The average molecular weight is 290 g/mol. The fraction of sp³-hybridized carbons (Fsp3) is 0.667. The van der Waals surface area contributed by atoms with E-state index in [1.54, 1.807) is 7.05 Å². The second kappa shape index (κ2) is 5.08. The number of aromatic nitrogens is 2. The number of carbonyl (C=O) groups is 1. The molecule has 1 amide bonds. The predicted octanol–water partition coefficient (Wildman–Crippen LogP) is 1.41. The molecule has 0 spiro atoms. The van der Waals surface area contributed by atoms with E-state index in [0.29, 0.717) is 12.8 Å². The van der Waals surface area contributed by atoms with Crippen LogP contribution in [-0.2, 0) is 11.8 Å². The molecule has 0 radical (unpaired) electrons. The largest absolute Gasteiger partial charge is 0.471 e. The number of rotatable bonds is 3. The Hall–Kier alpha value is -1.57. The SMILES string of the molecule is CN(C)C1CC(N(C(=O)C(F)(F)F)c2cnn(C)c2)C1. The van der Waals surface area contributed by atoms with Gasteiger partial charge in [0, 0.05) is 25.3 Å². The summed E-state index contributed by atoms with van der Waals surface area (Å²) in [6, 6.07) is -0.221. The smallest absolute Gasteiger partial charge is 0.306 e. The quantitative estimate of drug-likeness (QED) is 0.845. The summed E-state index contributed by atoms with van der Waals surface area (Å²) < 4.78 is 39.6. The zero-order valence-electron chi connectivity index (χ0n) is 11.6. The first-order chi connectivity index (χ1) is 9.20. The monoisotopic (exact) mass is 290 g/mol. The van der Waals surface area contributed by atoms with Gasteiger partial charge in [-0.3, -0.25) is 14.4 Å². The van der Waals surface area contributed by atoms with Crippen molar-refractivity contribution in [2.75, 3.05) is 19.0 Å². The van der Waals surface area contributed by atoms with E-state index in [0.717, 1.165) is 4.90 Å². The molecule has 1 aromatic heterocycles. The van der Waals surface area contributed by atoms with Gasteiger partial charge in [-0.2, -0.15) is 18.3 Å². The number of amides is 1. The van der Waals surface area contributed by atoms with E-state index in [1.807, 2.05) is 19.0 Å². The molecule has 20 heavy (non-hydrogen) atoms. The maximum absolute atomic E-state index is 12.7. The molecule has 2 rings (SSSR count). The van der Waals surface area contributed by atoms with Gasteiger partial charge in [0.1, 0.15) is 0 Å². The van der Waals surface area contributed by atoms with E-state index in [1.165, 1.54) is 17.1 Å². The minimum Gasteiger partial charge on any atom is -0.306 e. The topological polar surface area (TPSA) is 41.4 Å². The van der Waals surface area contributed by atoms with Crippen molar-refractivity contribution in [2.24, 2.45) is 7.05 Å². The van der Waals surface area contributed by atoms with Gasteiger partial charge in [-0.05, 0) is 26.9 Å². The van der Waals surface area contributed by atoms with E-state index in [4.69, 9.17) is 0 Å². The molecule has 1 fully saturated rings. The molecule has 0 atom stereocenters. The normalized spacial score (nSPS) is 22.8. The molecular formula is C12H17F3N4O. The summed E-state index contributed by atoms with van der Waals surface area (Å²) in [5.41, 5.74) is 0.192. The van der Waals surface area contributed by atoms with E-state index in [-0.39, 0.29) is 11.7 Å². The lowest BCUT2D eigenvalue weighted by Gasteiger charge is -2.45. The Labute approximate surface area is 114 Å². The Balaban J connectivity index is 2.21. The van der Waals surface area contributed by atoms with Crippen molar-refractivity contribution in [3.05, 3.63) is 12.4 Å². The third-order valence-electron chi connectivity index (χ3n) is 3.61. The van der Waals surface area contributed by atoms with Crippen molar-refractivity contribution in [3.8, 4) is 0 Å². The highest BCUT2D eigenvalue weighted by Crippen LogP contribution is 2.35. The van der Waals surface area contributed by atoms with Crippen LogP contribution in [0.5, 0.6) is 0 Å². The summed E-state index contributed by atoms with van der Waals surface area (Å²) in [6.07, 6.45) is -1.11. The van der Waals surface area contributed by atoms with E-state index in [2.05, 4.69) is 5.10 Å². The van der Waals surface area contributed by atoms with Crippen LogP contribution in [0.25, 0.3) is 0 Å². The zero-order valence-corrected chi connectivity index (χ0v) is 11.6. The Bertz CT molecular complexity index is 491. The van der Waals surface area contributed by atoms with Gasteiger partial charge in [0.15, 0.2) is 0 Å². The van der Waals surface area contributed by atoms with Crippen LogP contribution < -0.4 is 4.90 Å². The van der Waals surface area contributed by atoms with Crippen LogP contribution in [0.1, 0.15) is 12.8 Å². The first kappa shape index (κ1) is 14.8. The maximum atomic E-state index is 12.7. The fourth-order valence-electron chi connectivity index (χ4n) is 2.35. The maximum Gasteiger partial charge on any atom is 0.471 e. The van der Waals surface area contributed by atoms with Crippen molar-refractivity contribution in [1.29, 1.82) is 0 Å². The van der Waals surface area contributed by atoms with E-state index < -0.39 is 18.1 Å². The minimum atomic E-state index is -4.88. The van der Waals surface area contributed by atoms with Crippen molar-refractivity contribution in [2.45, 2.75) is 31.1 Å². The Morgan fingerprint density at radius 2 is 1.95 bits per heavy atom. The molecule has 1 saturated carbocycles. The number of halogens is 3. The van der Waals surface area contributed by atoms with Crippen molar-refractivity contribution in [1.82, 2.24) is 14.7 Å². The van der Waals surface area contributed by atoms with Crippen molar-refractivity contribution >= 4 is 11.6 Å². The average Bonchev–Trinajstić information content (AvgIpc) is 2.66. The van der Waals surface area contributed by atoms with Crippen LogP contribution >= 0.6 is 0 Å². The molecule has 1 aliphatic carbocycles. The van der Waals surface area contributed by atoms with Gasteiger partial charge >= 0.3 is 12.1 Å². The second-order valence-corrected chi connectivity index (χ2v) is 5.29. The Morgan fingerprint density at radius 1 is 1.35 bits per heavy atom. The number of carbonyl (C=O) groups excluding carboxylic acids is 1. The Morgan fingerprint density at radius 3 is 2.35 bits per heavy atom.